The molecule has 3 rings (SSSR count). The van der Waals surface area contributed by atoms with Gasteiger partial charge in [-0.05, 0) is 18.6 Å². The first-order valence-corrected chi connectivity index (χ1v) is 9.16. The second kappa shape index (κ2) is 7.10. The van der Waals surface area contributed by atoms with Crippen molar-refractivity contribution in [2.75, 3.05) is 17.7 Å². The zero-order valence-electron chi connectivity index (χ0n) is 12.6. The third kappa shape index (κ3) is 3.37. The van der Waals surface area contributed by atoms with E-state index in [1.807, 2.05) is 0 Å². The summed E-state index contributed by atoms with van der Waals surface area (Å²) in [7, 11) is 0. The Morgan fingerprint density at radius 3 is 2.52 bits per heavy atom. The number of nitrogens with zero attached hydrogens (tertiary/aromatic N) is 3. The molecule has 0 saturated carbocycles. The van der Waals surface area contributed by atoms with Gasteiger partial charge in [0, 0.05) is 6.54 Å². The van der Waals surface area contributed by atoms with Crippen LogP contribution in [0.5, 0.6) is 0 Å². The Hall–Kier alpha value is -1.93. The number of rotatable bonds is 7. The van der Waals surface area contributed by atoms with Crippen molar-refractivity contribution in [3.63, 3.8) is 0 Å². The van der Waals surface area contributed by atoms with Gasteiger partial charge in [0.1, 0.15) is 0 Å². The SMILES string of the molecule is CCCCNc1nnc(SCN2C(=O)c3ccccc3C2=O)s1. The summed E-state index contributed by atoms with van der Waals surface area (Å²) in [6.45, 7) is 3.00. The number of imide groups is 1. The van der Waals surface area contributed by atoms with Gasteiger partial charge in [-0.15, -0.1) is 10.2 Å². The van der Waals surface area contributed by atoms with Crippen LogP contribution in [0.3, 0.4) is 0 Å². The van der Waals surface area contributed by atoms with E-state index in [2.05, 4.69) is 22.4 Å². The van der Waals surface area contributed by atoms with Crippen molar-refractivity contribution in [2.24, 2.45) is 0 Å². The maximum atomic E-state index is 12.3. The first-order valence-electron chi connectivity index (χ1n) is 7.36. The average molecular weight is 348 g/mol. The number of thioether (sulfide) groups is 1. The molecule has 1 N–H and O–H groups in total. The van der Waals surface area contributed by atoms with Crippen LogP contribution in [-0.2, 0) is 0 Å². The second-order valence-electron chi connectivity index (χ2n) is 5.01. The van der Waals surface area contributed by atoms with Crippen molar-refractivity contribution in [3.8, 4) is 0 Å². The lowest BCUT2D eigenvalue weighted by molar-refractivity contribution is 0.0684. The minimum absolute atomic E-state index is 0.246. The lowest BCUT2D eigenvalue weighted by Crippen LogP contribution is -2.29. The van der Waals surface area contributed by atoms with Crippen LogP contribution in [0.15, 0.2) is 28.6 Å². The number of unbranched alkanes of at least 4 members (excludes halogenated alkanes) is 1. The average Bonchev–Trinajstić information content (AvgIpc) is 3.11. The van der Waals surface area contributed by atoms with Gasteiger partial charge < -0.3 is 5.32 Å². The van der Waals surface area contributed by atoms with Gasteiger partial charge in [0.2, 0.25) is 5.13 Å². The topological polar surface area (TPSA) is 75.2 Å². The van der Waals surface area contributed by atoms with E-state index in [9.17, 15) is 9.59 Å². The molecule has 2 heterocycles. The van der Waals surface area contributed by atoms with Crippen molar-refractivity contribution < 1.29 is 9.59 Å². The lowest BCUT2D eigenvalue weighted by atomic mass is 10.1. The van der Waals surface area contributed by atoms with Crippen LogP contribution in [0.4, 0.5) is 5.13 Å². The highest BCUT2D eigenvalue weighted by molar-refractivity contribution is 8.01. The highest BCUT2D eigenvalue weighted by atomic mass is 32.2. The predicted octanol–water partition coefficient (Wildman–Crippen LogP) is 3.10. The minimum atomic E-state index is -0.246. The zero-order valence-corrected chi connectivity index (χ0v) is 14.2. The molecule has 6 nitrogen and oxygen atoms in total. The van der Waals surface area contributed by atoms with Crippen LogP contribution in [-0.4, -0.2) is 39.3 Å². The first-order chi connectivity index (χ1) is 11.2. The molecule has 2 aromatic rings. The number of anilines is 1. The van der Waals surface area contributed by atoms with E-state index in [-0.39, 0.29) is 17.7 Å². The highest BCUT2D eigenvalue weighted by Crippen LogP contribution is 2.29. The molecule has 1 aromatic heterocycles. The van der Waals surface area contributed by atoms with Gasteiger partial charge in [0.25, 0.3) is 11.8 Å². The fourth-order valence-corrected chi connectivity index (χ4v) is 3.89. The standard InChI is InChI=1S/C15H16N4O2S2/c1-2-3-8-16-14-17-18-15(23-14)22-9-19-12(20)10-6-4-5-7-11(10)13(19)21/h4-7H,2-3,8-9H2,1H3,(H,16,17). The molecule has 0 radical (unpaired) electrons. The Bertz CT molecular complexity index is 697. The van der Waals surface area contributed by atoms with Gasteiger partial charge in [-0.3, -0.25) is 14.5 Å². The molecule has 8 heteroatoms. The minimum Gasteiger partial charge on any atom is -0.360 e. The quantitative estimate of drug-likeness (QED) is 0.471. The number of benzene rings is 1. The summed E-state index contributed by atoms with van der Waals surface area (Å²) in [6.07, 6.45) is 2.20. The summed E-state index contributed by atoms with van der Waals surface area (Å²) in [5.74, 6) is -0.247. The largest absolute Gasteiger partial charge is 0.360 e. The van der Waals surface area contributed by atoms with Gasteiger partial charge >= 0.3 is 0 Å². The molecule has 120 valence electrons. The normalized spacial score (nSPS) is 13.5. The Morgan fingerprint density at radius 2 is 1.87 bits per heavy atom. The molecular weight excluding hydrogens is 332 g/mol. The maximum absolute atomic E-state index is 12.3. The van der Waals surface area contributed by atoms with Crippen molar-refractivity contribution in [3.05, 3.63) is 35.4 Å². The van der Waals surface area contributed by atoms with Crippen LogP contribution in [0, 0.1) is 0 Å². The number of carbonyl (C=O) groups is 2. The molecule has 1 aliphatic heterocycles. The van der Waals surface area contributed by atoms with Crippen LogP contribution in [0.1, 0.15) is 40.5 Å². The Balaban J connectivity index is 1.59. The van der Waals surface area contributed by atoms with Crippen molar-refractivity contribution >= 4 is 40.0 Å². The molecule has 0 bridgehead atoms. The lowest BCUT2D eigenvalue weighted by Gasteiger charge is -2.11. The third-order valence-electron chi connectivity index (χ3n) is 3.41. The number of carbonyl (C=O) groups excluding carboxylic acids is 2. The van der Waals surface area contributed by atoms with Crippen LogP contribution in [0.25, 0.3) is 0 Å². The van der Waals surface area contributed by atoms with E-state index in [1.165, 1.54) is 28.0 Å². The molecule has 0 saturated heterocycles. The molecule has 0 fully saturated rings. The van der Waals surface area contributed by atoms with Gasteiger partial charge in [-0.1, -0.05) is 48.6 Å². The highest BCUT2D eigenvalue weighted by Gasteiger charge is 2.35. The number of hydrogen-bond donors (Lipinski definition) is 1. The third-order valence-corrected chi connectivity index (χ3v) is 5.40. The van der Waals surface area contributed by atoms with Gasteiger partial charge in [0.05, 0.1) is 17.0 Å². The molecule has 23 heavy (non-hydrogen) atoms. The van der Waals surface area contributed by atoms with Crippen molar-refractivity contribution in [1.82, 2.24) is 15.1 Å². The molecule has 2 amide bonds. The molecule has 0 atom stereocenters. The first kappa shape index (κ1) is 15.9. The van der Waals surface area contributed by atoms with E-state index in [0.29, 0.717) is 11.1 Å². The van der Waals surface area contributed by atoms with Crippen LogP contribution in [0.2, 0.25) is 0 Å². The number of aromatic nitrogens is 2. The van der Waals surface area contributed by atoms with Crippen LogP contribution < -0.4 is 5.32 Å². The summed E-state index contributed by atoms with van der Waals surface area (Å²) < 4.78 is 0.737. The molecule has 0 spiro atoms. The Kier molecular flexibility index (Phi) is 4.92. The van der Waals surface area contributed by atoms with Gasteiger partial charge in [-0.2, -0.15) is 0 Å². The Morgan fingerprint density at radius 1 is 1.17 bits per heavy atom. The number of hydrogen-bond acceptors (Lipinski definition) is 7. The summed E-state index contributed by atoms with van der Waals surface area (Å²) in [4.78, 5) is 25.8. The summed E-state index contributed by atoms with van der Waals surface area (Å²) in [6, 6.07) is 6.89. The van der Waals surface area contributed by atoms with Crippen molar-refractivity contribution in [2.45, 2.75) is 24.1 Å². The van der Waals surface area contributed by atoms with Gasteiger partial charge in [0.15, 0.2) is 4.34 Å². The second-order valence-corrected chi connectivity index (χ2v) is 7.18. The maximum Gasteiger partial charge on any atom is 0.262 e. The van der Waals surface area contributed by atoms with E-state index in [1.54, 1.807) is 24.3 Å². The fourth-order valence-electron chi connectivity index (χ4n) is 2.19. The number of nitrogens with one attached hydrogen (secondary N) is 1. The zero-order chi connectivity index (χ0) is 16.2. The summed E-state index contributed by atoms with van der Waals surface area (Å²) in [5.41, 5.74) is 0.939. The van der Waals surface area contributed by atoms with E-state index in [0.717, 1.165) is 28.9 Å². The molecular formula is C15H16N4O2S2. The fraction of sp³-hybridized carbons (Fsp3) is 0.333. The van der Waals surface area contributed by atoms with Crippen LogP contribution >= 0.6 is 23.1 Å². The van der Waals surface area contributed by atoms with Gasteiger partial charge in [-0.25, -0.2) is 0 Å². The van der Waals surface area contributed by atoms with E-state index >= 15 is 0 Å². The number of fused-ring (bicyclic) bond motifs is 1. The number of amides is 2. The van der Waals surface area contributed by atoms with E-state index in [4.69, 9.17) is 0 Å². The smallest absolute Gasteiger partial charge is 0.262 e. The summed E-state index contributed by atoms with van der Waals surface area (Å²) >= 11 is 2.78. The molecule has 1 aliphatic rings. The molecule has 1 aromatic carbocycles. The Labute approximate surface area is 142 Å². The predicted molar refractivity (Wildman–Crippen MR) is 91.0 cm³/mol. The van der Waals surface area contributed by atoms with E-state index < -0.39 is 0 Å². The summed E-state index contributed by atoms with van der Waals surface area (Å²) in [5, 5.41) is 12.1. The monoisotopic (exact) mass is 348 g/mol. The molecule has 0 unspecified atom stereocenters. The molecule has 0 aliphatic carbocycles. The van der Waals surface area contributed by atoms with Crippen molar-refractivity contribution in [1.29, 1.82) is 0 Å².